The van der Waals surface area contributed by atoms with Gasteiger partial charge in [-0.15, -0.1) is 0 Å². The molecule has 2 aromatic rings. The number of urea groups is 1. The maximum Gasteiger partial charge on any atom is 0.328 e. The van der Waals surface area contributed by atoms with Gasteiger partial charge in [-0.05, 0) is 29.8 Å². The van der Waals surface area contributed by atoms with E-state index in [1.807, 2.05) is 0 Å². The van der Waals surface area contributed by atoms with Crippen molar-refractivity contribution in [1.82, 2.24) is 10.6 Å². The first kappa shape index (κ1) is 16.8. The Labute approximate surface area is 154 Å². The molecule has 2 aliphatic rings. The van der Waals surface area contributed by atoms with Crippen LogP contribution in [0.5, 0.6) is 5.75 Å². The molecule has 0 saturated carbocycles. The van der Waals surface area contributed by atoms with Crippen LogP contribution < -0.4 is 15.4 Å². The molecule has 8 heteroatoms. The van der Waals surface area contributed by atoms with Gasteiger partial charge in [-0.2, -0.15) is 0 Å². The lowest BCUT2D eigenvalue weighted by Crippen LogP contribution is -2.66. The van der Waals surface area contributed by atoms with E-state index < -0.39 is 29.4 Å². The largest absolute Gasteiger partial charge is 0.497 e. The smallest absolute Gasteiger partial charge is 0.328 e. The number of ether oxygens (including phenoxy) is 1. The Balaban J connectivity index is 1.87. The number of benzene rings is 2. The van der Waals surface area contributed by atoms with Crippen molar-refractivity contribution < 1.29 is 24.0 Å². The molecule has 0 radical (unpaired) electrons. The normalized spacial score (nSPS) is 20.6. The van der Waals surface area contributed by atoms with E-state index in [1.165, 1.54) is 7.11 Å². The molecule has 0 aliphatic carbocycles. The second-order valence-electron chi connectivity index (χ2n) is 6.11. The number of hydrogen-bond acceptors (Lipinski definition) is 6. The van der Waals surface area contributed by atoms with Crippen molar-refractivity contribution in [3.8, 4) is 5.75 Å². The molecule has 1 atom stereocenters. The van der Waals surface area contributed by atoms with Crippen LogP contribution in [0.2, 0.25) is 0 Å². The molecule has 136 valence electrons. The third-order valence-corrected chi connectivity index (χ3v) is 4.65. The Hall–Kier alpha value is -3.68. The zero-order chi connectivity index (χ0) is 19.0. The topological polar surface area (TPSA) is 106 Å². The molecule has 2 aromatic carbocycles. The Kier molecular flexibility index (Phi) is 3.88. The fraction of sp³-hybridized carbons (Fsp3) is 0.158. The van der Waals surface area contributed by atoms with Gasteiger partial charge in [-0.1, -0.05) is 35.5 Å². The number of oxime groups is 1. The van der Waals surface area contributed by atoms with E-state index >= 15 is 0 Å². The number of amides is 4. The van der Waals surface area contributed by atoms with Gasteiger partial charge in [0.25, 0.3) is 11.8 Å². The lowest BCUT2D eigenvalue weighted by Gasteiger charge is -2.34. The van der Waals surface area contributed by atoms with Crippen molar-refractivity contribution in [2.75, 3.05) is 7.11 Å². The van der Waals surface area contributed by atoms with E-state index in [0.717, 1.165) is 0 Å². The van der Waals surface area contributed by atoms with Crippen LogP contribution in [0.15, 0.2) is 59.8 Å². The Morgan fingerprint density at radius 2 is 1.59 bits per heavy atom. The fourth-order valence-electron chi connectivity index (χ4n) is 3.34. The number of hydrogen-bond donors (Lipinski definition) is 2. The molecule has 1 unspecified atom stereocenters. The van der Waals surface area contributed by atoms with Gasteiger partial charge in [0, 0.05) is 5.56 Å². The van der Waals surface area contributed by atoms with E-state index in [2.05, 4.69) is 15.8 Å². The van der Waals surface area contributed by atoms with Crippen molar-refractivity contribution >= 4 is 23.6 Å². The highest BCUT2D eigenvalue weighted by Gasteiger charge is 2.65. The molecule has 1 fully saturated rings. The predicted octanol–water partition coefficient (Wildman–Crippen LogP) is 1.52. The van der Waals surface area contributed by atoms with Crippen LogP contribution in [0.25, 0.3) is 0 Å². The zero-order valence-corrected chi connectivity index (χ0v) is 14.3. The summed E-state index contributed by atoms with van der Waals surface area (Å²) < 4.78 is 5.14. The molecule has 4 rings (SSSR count). The molecule has 2 N–H and O–H groups in total. The summed E-state index contributed by atoms with van der Waals surface area (Å²) in [6.45, 7) is 0. The number of imide groups is 2. The summed E-state index contributed by atoms with van der Waals surface area (Å²) >= 11 is 0. The summed E-state index contributed by atoms with van der Waals surface area (Å²) in [7, 11) is 1.53. The third-order valence-electron chi connectivity index (χ3n) is 4.65. The fourth-order valence-corrected chi connectivity index (χ4v) is 3.34. The van der Waals surface area contributed by atoms with Gasteiger partial charge < -0.3 is 9.57 Å². The molecule has 1 saturated heterocycles. The SMILES string of the molecule is COc1ccc(C2=NOC(c3ccccc3)C23C(=O)NC(=O)NC3=O)cc1. The number of carbonyl (C=O) groups is 3. The molecule has 0 aromatic heterocycles. The van der Waals surface area contributed by atoms with E-state index in [4.69, 9.17) is 9.57 Å². The maximum absolute atomic E-state index is 13.0. The van der Waals surface area contributed by atoms with Crippen molar-refractivity contribution in [3.63, 3.8) is 0 Å². The van der Waals surface area contributed by atoms with Crippen LogP contribution in [0.3, 0.4) is 0 Å². The van der Waals surface area contributed by atoms with E-state index in [1.54, 1.807) is 54.6 Å². The van der Waals surface area contributed by atoms with Crippen LogP contribution >= 0.6 is 0 Å². The first-order valence-electron chi connectivity index (χ1n) is 8.18. The Morgan fingerprint density at radius 3 is 2.19 bits per heavy atom. The first-order chi connectivity index (χ1) is 13.1. The Bertz CT molecular complexity index is 933. The molecular weight excluding hydrogens is 350 g/mol. The highest BCUT2D eigenvalue weighted by atomic mass is 16.6. The minimum absolute atomic E-state index is 0.126. The summed E-state index contributed by atoms with van der Waals surface area (Å²) in [5.74, 6) is -0.950. The summed E-state index contributed by atoms with van der Waals surface area (Å²) in [4.78, 5) is 43.1. The third kappa shape index (κ3) is 2.45. The lowest BCUT2D eigenvalue weighted by molar-refractivity contribution is -0.146. The average molecular weight is 365 g/mol. The van der Waals surface area contributed by atoms with Gasteiger partial charge in [0.15, 0.2) is 6.10 Å². The van der Waals surface area contributed by atoms with Crippen molar-refractivity contribution in [2.45, 2.75) is 6.10 Å². The van der Waals surface area contributed by atoms with Crippen LogP contribution in [-0.4, -0.2) is 30.7 Å². The standard InChI is InChI=1S/C19H15N3O5/c1-26-13-9-7-11(8-10-13)14-19(16(23)20-18(25)21-17(19)24)15(27-22-14)12-5-3-2-4-6-12/h2-10,15H,1H3,(H2,20,21,23,24,25). The zero-order valence-electron chi connectivity index (χ0n) is 14.3. The van der Waals surface area contributed by atoms with Crippen molar-refractivity contribution in [1.29, 1.82) is 0 Å². The van der Waals surface area contributed by atoms with Crippen LogP contribution in [0.4, 0.5) is 4.79 Å². The molecule has 27 heavy (non-hydrogen) atoms. The van der Waals surface area contributed by atoms with Gasteiger partial charge in [-0.3, -0.25) is 20.2 Å². The molecule has 1 spiro atoms. The second-order valence-corrected chi connectivity index (χ2v) is 6.11. The molecule has 8 nitrogen and oxygen atoms in total. The molecule has 0 bridgehead atoms. The van der Waals surface area contributed by atoms with Gasteiger partial charge in [0.05, 0.1) is 7.11 Å². The van der Waals surface area contributed by atoms with E-state index in [0.29, 0.717) is 16.9 Å². The number of rotatable bonds is 3. The maximum atomic E-state index is 13.0. The van der Waals surface area contributed by atoms with Gasteiger partial charge >= 0.3 is 6.03 Å². The minimum Gasteiger partial charge on any atom is -0.497 e. The summed E-state index contributed by atoms with van der Waals surface area (Å²) in [6, 6.07) is 14.6. The predicted molar refractivity (Wildman–Crippen MR) is 93.9 cm³/mol. The van der Waals surface area contributed by atoms with Crippen LogP contribution in [0.1, 0.15) is 17.2 Å². The van der Waals surface area contributed by atoms with Gasteiger partial charge in [-0.25, -0.2) is 4.79 Å². The second kappa shape index (κ2) is 6.24. The number of nitrogens with one attached hydrogen (secondary N) is 2. The average Bonchev–Trinajstić information content (AvgIpc) is 3.08. The van der Waals surface area contributed by atoms with Crippen LogP contribution in [-0.2, 0) is 14.4 Å². The monoisotopic (exact) mass is 365 g/mol. The minimum atomic E-state index is -1.83. The summed E-state index contributed by atoms with van der Waals surface area (Å²) in [5, 5.41) is 8.40. The first-order valence-corrected chi connectivity index (χ1v) is 8.18. The highest BCUT2D eigenvalue weighted by Crippen LogP contribution is 2.46. The molecule has 4 amide bonds. The number of nitrogens with zero attached hydrogens (tertiary/aromatic N) is 1. The van der Waals surface area contributed by atoms with Gasteiger partial charge in [0.2, 0.25) is 5.41 Å². The van der Waals surface area contributed by atoms with Crippen molar-refractivity contribution in [2.24, 2.45) is 10.6 Å². The van der Waals surface area contributed by atoms with E-state index in [-0.39, 0.29) is 5.71 Å². The number of carbonyl (C=O) groups excluding carboxylic acids is 3. The molecule has 2 aliphatic heterocycles. The summed E-state index contributed by atoms with van der Waals surface area (Å²) in [5.41, 5.74) is -0.607. The molecular formula is C19H15N3O5. The van der Waals surface area contributed by atoms with E-state index in [9.17, 15) is 14.4 Å². The Morgan fingerprint density at radius 1 is 0.963 bits per heavy atom. The molecule has 2 heterocycles. The number of barbiturate groups is 1. The summed E-state index contributed by atoms with van der Waals surface area (Å²) in [6.07, 6.45) is -1.01. The van der Waals surface area contributed by atoms with Crippen LogP contribution in [0, 0.1) is 5.41 Å². The quantitative estimate of drug-likeness (QED) is 0.802. The number of methoxy groups -OCH3 is 1. The highest BCUT2D eigenvalue weighted by molar-refractivity contribution is 6.36. The lowest BCUT2D eigenvalue weighted by atomic mass is 9.71. The van der Waals surface area contributed by atoms with Gasteiger partial charge in [0.1, 0.15) is 11.5 Å². The van der Waals surface area contributed by atoms with Crippen molar-refractivity contribution in [3.05, 3.63) is 65.7 Å².